The third-order valence-electron chi connectivity index (χ3n) is 3.96. The number of benzene rings is 1. The monoisotopic (exact) mass is 376 g/mol. The van der Waals surface area contributed by atoms with Crippen molar-refractivity contribution in [3.63, 3.8) is 0 Å². The summed E-state index contributed by atoms with van der Waals surface area (Å²) in [5, 5.41) is 2.47. The Bertz CT molecular complexity index is 850. The van der Waals surface area contributed by atoms with E-state index < -0.39 is 17.2 Å². The first-order valence-corrected chi connectivity index (χ1v) is 9.58. The van der Waals surface area contributed by atoms with E-state index in [1.54, 1.807) is 23.6 Å². The molecule has 140 valence electrons. The smallest absolute Gasteiger partial charge is 0.318 e. The van der Waals surface area contributed by atoms with E-state index in [1.165, 1.54) is 0 Å². The summed E-state index contributed by atoms with van der Waals surface area (Å²) in [5.74, 6) is -0.512. The number of thioether (sulfide) groups is 1. The lowest BCUT2D eigenvalue weighted by Gasteiger charge is -2.15. The van der Waals surface area contributed by atoms with Crippen molar-refractivity contribution in [1.29, 1.82) is 0 Å². The van der Waals surface area contributed by atoms with Gasteiger partial charge in [-0.1, -0.05) is 50.1 Å². The summed E-state index contributed by atoms with van der Waals surface area (Å²) in [4.78, 5) is 40.3. The van der Waals surface area contributed by atoms with Gasteiger partial charge in [-0.3, -0.25) is 19.5 Å². The number of carbonyl (C=O) groups is 2. The first kappa shape index (κ1) is 20.0. The normalized spacial score (nSPS) is 12.1. The molecule has 0 aliphatic heterocycles. The molecule has 2 aromatic rings. The molecule has 0 aliphatic carbocycles. The molecule has 1 aromatic carbocycles. The molecule has 0 unspecified atom stereocenters. The Morgan fingerprint density at radius 1 is 1.27 bits per heavy atom. The van der Waals surface area contributed by atoms with Gasteiger partial charge in [-0.2, -0.15) is 0 Å². The highest BCUT2D eigenvalue weighted by Crippen LogP contribution is 2.23. The third-order valence-corrected chi connectivity index (χ3v) is 5.05. The second-order valence-corrected chi connectivity index (χ2v) is 7.35. The number of urea groups is 1. The van der Waals surface area contributed by atoms with Gasteiger partial charge >= 0.3 is 6.03 Å². The van der Waals surface area contributed by atoms with Crippen molar-refractivity contribution < 1.29 is 9.59 Å². The van der Waals surface area contributed by atoms with E-state index in [1.807, 2.05) is 12.1 Å². The van der Waals surface area contributed by atoms with Gasteiger partial charge in [-0.15, -0.1) is 0 Å². The standard InChI is InChI=1S/C18H24N4O3S/c1-3-4-5-8-11-22-16(24)13-9-6-7-10-14(13)20-18(22)26-12(2)15(23)21-17(19)25/h6-7,9-10,12H,3-5,8,11H2,1-2H3,(H3,19,21,23,25)/t12-/m0/s1. The molecule has 7 nitrogen and oxygen atoms in total. The molecular weight excluding hydrogens is 352 g/mol. The van der Waals surface area contributed by atoms with Crippen molar-refractivity contribution in [3.05, 3.63) is 34.6 Å². The van der Waals surface area contributed by atoms with Crippen molar-refractivity contribution in [3.8, 4) is 0 Å². The van der Waals surface area contributed by atoms with Gasteiger partial charge in [-0.05, 0) is 25.5 Å². The highest BCUT2D eigenvalue weighted by Gasteiger charge is 2.20. The van der Waals surface area contributed by atoms with Gasteiger partial charge in [0.25, 0.3) is 5.56 Å². The Balaban J connectivity index is 2.33. The number of rotatable bonds is 8. The number of unbranched alkanes of at least 4 members (excludes halogenated alkanes) is 3. The van der Waals surface area contributed by atoms with E-state index in [0.717, 1.165) is 37.4 Å². The quantitative estimate of drug-likeness (QED) is 0.418. The lowest BCUT2D eigenvalue weighted by molar-refractivity contribution is -0.119. The zero-order valence-corrected chi connectivity index (χ0v) is 15.8. The van der Waals surface area contributed by atoms with Gasteiger partial charge in [0.2, 0.25) is 5.91 Å². The summed E-state index contributed by atoms with van der Waals surface area (Å²) in [6.45, 7) is 4.32. The van der Waals surface area contributed by atoms with Crippen LogP contribution in [0.3, 0.4) is 0 Å². The topological polar surface area (TPSA) is 107 Å². The lowest BCUT2D eigenvalue weighted by Crippen LogP contribution is -2.39. The molecule has 0 saturated carbocycles. The second kappa shape index (κ2) is 9.38. The van der Waals surface area contributed by atoms with E-state index in [-0.39, 0.29) is 5.56 Å². The number of nitrogens with two attached hydrogens (primary N) is 1. The maximum Gasteiger partial charge on any atom is 0.318 e. The van der Waals surface area contributed by atoms with E-state index in [2.05, 4.69) is 17.2 Å². The van der Waals surface area contributed by atoms with Crippen LogP contribution in [0.1, 0.15) is 39.5 Å². The average Bonchev–Trinajstić information content (AvgIpc) is 2.60. The maximum absolute atomic E-state index is 12.9. The van der Waals surface area contributed by atoms with Crippen LogP contribution in [-0.4, -0.2) is 26.7 Å². The second-order valence-electron chi connectivity index (χ2n) is 6.04. The summed E-state index contributed by atoms with van der Waals surface area (Å²) in [7, 11) is 0. The number of nitrogens with zero attached hydrogens (tertiary/aromatic N) is 2. The average molecular weight is 376 g/mol. The number of aromatic nitrogens is 2. The molecule has 0 bridgehead atoms. The number of para-hydroxylation sites is 1. The van der Waals surface area contributed by atoms with Crippen LogP contribution in [-0.2, 0) is 11.3 Å². The lowest BCUT2D eigenvalue weighted by atomic mass is 10.2. The van der Waals surface area contributed by atoms with Crippen LogP contribution in [0, 0.1) is 0 Å². The number of hydrogen-bond acceptors (Lipinski definition) is 5. The third kappa shape index (κ3) is 5.08. The molecule has 1 atom stereocenters. The van der Waals surface area contributed by atoms with E-state index >= 15 is 0 Å². The first-order chi connectivity index (χ1) is 12.4. The van der Waals surface area contributed by atoms with Crippen LogP contribution in [0.5, 0.6) is 0 Å². The molecule has 0 aliphatic rings. The molecule has 26 heavy (non-hydrogen) atoms. The van der Waals surface area contributed by atoms with Crippen LogP contribution >= 0.6 is 11.8 Å². The molecule has 0 saturated heterocycles. The minimum atomic E-state index is -0.897. The van der Waals surface area contributed by atoms with Crippen molar-refractivity contribution in [1.82, 2.24) is 14.9 Å². The summed E-state index contributed by atoms with van der Waals surface area (Å²) < 4.78 is 1.62. The van der Waals surface area contributed by atoms with Crippen LogP contribution in [0.4, 0.5) is 4.79 Å². The molecular formula is C18H24N4O3S. The van der Waals surface area contributed by atoms with Gasteiger partial charge < -0.3 is 5.73 Å². The summed E-state index contributed by atoms with van der Waals surface area (Å²) in [6.07, 6.45) is 4.10. The molecule has 3 amide bonds. The Hall–Kier alpha value is -2.35. The predicted molar refractivity (Wildman–Crippen MR) is 103 cm³/mol. The van der Waals surface area contributed by atoms with Crippen LogP contribution in [0.15, 0.2) is 34.2 Å². The number of carbonyl (C=O) groups excluding carboxylic acids is 2. The van der Waals surface area contributed by atoms with Gasteiger partial charge in [-0.25, -0.2) is 9.78 Å². The minimum Gasteiger partial charge on any atom is -0.351 e. The molecule has 8 heteroatoms. The number of imide groups is 1. The van der Waals surface area contributed by atoms with Gasteiger partial charge in [0.15, 0.2) is 5.16 Å². The van der Waals surface area contributed by atoms with E-state index in [0.29, 0.717) is 22.6 Å². The number of primary amides is 1. The Labute approximate surface area is 156 Å². The molecule has 3 N–H and O–H groups in total. The SMILES string of the molecule is CCCCCCn1c(S[C@@H](C)C(=O)NC(N)=O)nc2ccccc2c1=O. The summed E-state index contributed by atoms with van der Waals surface area (Å²) in [5.41, 5.74) is 5.47. The van der Waals surface area contributed by atoms with Crippen molar-refractivity contribution >= 4 is 34.6 Å². The highest BCUT2D eigenvalue weighted by atomic mass is 32.2. The highest BCUT2D eigenvalue weighted by molar-refractivity contribution is 8.00. The molecule has 2 rings (SSSR count). The van der Waals surface area contributed by atoms with Crippen LogP contribution in [0.2, 0.25) is 0 Å². The zero-order chi connectivity index (χ0) is 19.1. The predicted octanol–water partition coefficient (Wildman–Crippen LogP) is 2.65. The summed E-state index contributed by atoms with van der Waals surface area (Å²) in [6, 6.07) is 6.26. The van der Waals surface area contributed by atoms with Crippen molar-refractivity contribution in [2.45, 2.75) is 56.5 Å². The largest absolute Gasteiger partial charge is 0.351 e. The van der Waals surface area contributed by atoms with Gasteiger partial charge in [0.05, 0.1) is 16.2 Å². The van der Waals surface area contributed by atoms with Crippen molar-refractivity contribution in [2.75, 3.05) is 0 Å². The Morgan fingerprint density at radius 2 is 2.00 bits per heavy atom. The zero-order valence-electron chi connectivity index (χ0n) is 15.0. The van der Waals surface area contributed by atoms with Crippen molar-refractivity contribution in [2.24, 2.45) is 5.73 Å². The number of fused-ring (bicyclic) bond motifs is 1. The van der Waals surface area contributed by atoms with Crippen LogP contribution < -0.4 is 16.6 Å². The molecule has 0 radical (unpaired) electrons. The molecule has 0 spiro atoms. The summed E-state index contributed by atoms with van der Waals surface area (Å²) >= 11 is 1.15. The Morgan fingerprint density at radius 3 is 2.69 bits per heavy atom. The fourth-order valence-corrected chi connectivity index (χ4v) is 3.50. The van der Waals surface area contributed by atoms with E-state index in [4.69, 9.17) is 5.73 Å². The molecule has 1 aromatic heterocycles. The fourth-order valence-electron chi connectivity index (χ4n) is 2.57. The molecule has 0 fully saturated rings. The van der Waals surface area contributed by atoms with Gasteiger partial charge in [0.1, 0.15) is 0 Å². The van der Waals surface area contributed by atoms with Gasteiger partial charge in [0, 0.05) is 6.54 Å². The molecule has 1 heterocycles. The number of amides is 3. The first-order valence-electron chi connectivity index (χ1n) is 8.70. The Kier molecular flexibility index (Phi) is 7.20. The minimum absolute atomic E-state index is 0.114. The van der Waals surface area contributed by atoms with E-state index in [9.17, 15) is 14.4 Å². The number of hydrogen-bond donors (Lipinski definition) is 2. The van der Waals surface area contributed by atoms with Crippen LogP contribution in [0.25, 0.3) is 10.9 Å². The maximum atomic E-state index is 12.9. The fraction of sp³-hybridized carbons (Fsp3) is 0.444. The number of nitrogens with one attached hydrogen (secondary N) is 1.